The van der Waals surface area contributed by atoms with Gasteiger partial charge in [0.05, 0.1) is 12.6 Å². The molecule has 2 amide bonds. The molecule has 7 nitrogen and oxygen atoms in total. The lowest BCUT2D eigenvalue weighted by atomic mass is 10.1. The second-order valence-corrected chi connectivity index (χ2v) is 10.7. The third kappa shape index (κ3) is 7.82. The molecule has 1 aliphatic rings. The number of halogens is 3. The van der Waals surface area contributed by atoms with Gasteiger partial charge in [-0.3, -0.25) is 9.59 Å². The maximum absolute atomic E-state index is 13.5. The molecule has 1 aliphatic heterocycles. The first kappa shape index (κ1) is 28.6. The summed E-state index contributed by atoms with van der Waals surface area (Å²) in [5.74, 6) is -0.195. The Balaban J connectivity index is 1.43. The quantitative estimate of drug-likeness (QED) is 0.270. The summed E-state index contributed by atoms with van der Waals surface area (Å²) >= 11 is 18.4. The standard InChI is InChI=1S/C28H31Cl3N4O3/c29-22-4-3-19-13-21(2-1-20(19)14-22)27(37)33-16-25-6-9-35(17-18-11-23(30)15-24(31)12-18)28(38)26(34-25)5-7-32-8-10-36/h1-4,11-15,25-26,32,34,36H,5-10,16-17H2,(H,33,37)/t25-,26-/m0/s1. The Morgan fingerprint density at radius 1 is 0.974 bits per heavy atom. The summed E-state index contributed by atoms with van der Waals surface area (Å²) in [6, 6.07) is 15.8. The van der Waals surface area contributed by atoms with Crippen molar-refractivity contribution in [2.75, 3.05) is 32.8 Å². The van der Waals surface area contributed by atoms with E-state index in [2.05, 4.69) is 16.0 Å². The molecule has 1 fully saturated rings. The molecule has 0 aromatic heterocycles. The van der Waals surface area contributed by atoms with E-state index in [0.29, 0.717) is 66.2 Å². The minimum absolute atomic E-state index is 0.0195. The highest BCUT2D eigenvalue weighted by Gasteiger charge is 2.31. The summed E-state index contributed by atoms with van der Waals surface area (Å²) in [4.78, 5) is 28.2. The van der Waals surface area contributed by atoms with E-state index < -0.39 is 6.04 Å². The van der Waals surface area contributed by atoms with E-state index >= 15 is 0 Å². The van der Waals surface area contributed by atoms with Crippen LogP contribution in [-0.4, -0.2) is 66.7 Å². The zero-order valence-electron chi connectivity index (χ0n) is 20.9. The van der Waals surface area contributed by atoms with Crippen LogP contribution in [0.25, 0.3) is 10.8 Å². The van der Waals surface area contributed by atoms with Crippen LogP contribution >= 0.6 is 34.8 Å². The van der Waals surface area contributed by atoms with Crippen molar-refractivity contribution < 1.29 is 14.7 Å². The molecule has 0 radical (unpaired) electrons. The molecule has 3 aromatic rings. The Bertz CT molecular complexity index is 1270. The minimum Gasteiger partial charge on any atom is -0.395 e. The highest BCUT2D eigenvalue weighted by Crippen LogP contribution is 2.22. The Morgan fingerprint density at radius 3 is 2.47 bits per heavy atom. The number of aliphatic hydroxyl groups excluding tert-OH is 1. The molecule has 3 aromatic carbocycles. The fraction of sp³-hybridized carbons (Fsp3) is 0.357. The van der Waals surface area contributed by atoms with Gasteiger partial charge in [-0.1, -0.05) is 46.9 Å². The van der Waals surface area contributed by atoms with Crippen LogP contribution < -0.4 is 16.0 Å². The maximum Gasteiger partial charge on any atom is 0.251 e. The summed E-state index contributed by atoms with van der Waals surface area (Å²) in [6.45, 7) is 2.35. The topological polar surface area (TPSA) is 93.7 Å². The van der Waals surface area contributed by atoms with E-state index in [1.54, 1.807) is 18.2 Å². The summed E-state index contributed by atoms with van der Waals surface area (Å²) in [5, 5.41) is 22.3. The fourth-order valence-electron chi connectivity index (χ4n) is 4.66. The number of hydrogen-bond acceptors (Lipinski definition) is 5. The first-order valence-corrected chi connectivity index (χ1v) is 13.7. The number of hydrogen-bond donors (Lipinski definition) is 4. The van der Waals surface area contributed by atoms with Crippen molar-refractivity contribution in [2.24, 2.45) is 0 Å². The molecule has 4 N–H and O–H groups in total. The van der Waals surface area contributed by atoms with Crippen LogP contribution in [0.3, 0.4) is 0 Å². The van der Waals surface area contributed by atoms with Crippen LogP contribution in [0.15, 0.2) is 54.6 Å². The molecule has 1 heterocycles. The van der Waals surface area contributed by atoms with Gasteiger partial charge in [0.15, 0.2) is 0 Å². The summed E-state index contributed by atoms with van der Waals surface area (Å²) in [5.41, 5.74) is 1.42. The van der Waals surface area contributed by atoms with Crippen LogP contribution in [0, 0.1) is 0 Å². The summed E-state index contributed by atoms with van der Waals surface area (Å²) in [7, 11) is 0. The molecule has 0 aliphatic carbocycles. The largest absolute Gasteiger partial charge is 0.395 e. The normalized spacial score (nSPS) is 18.0. The lowest BCUT2D eigenvalue weighted by Crippen LogP contribution is -2.49. The van der Waals surface area contributed by atoms with Gasteiger partial charge in [0.2, 0.25) is 5.91 Å². The second kappa shape index (κ2) is 13.6. The van der Waals surface area contributed by atoms with Crippen molar-refractivity contribution in [3.63, 3.8) is 0 Å². The van der Waals surface area contributed by atoms with Gasteiger partial charge in [0.1, 0.15) is 0 Å². The van der Waals surface area contributed by atoms with Crippen molar-refractivity contribution in [3.8, 4) is 0 Å². The number of nitrogens with one attached hydrogen (secondary N) is 3. The van der Waals surface area contributed by atoms with E-state index in [1.807, 2.05) is 41.3 Å². The van der Waals surface area contributed by atoms with Crippen LogP contribution in [0.5, 0.6) is 0 Å². The lowest BCUT2D eigenvalue weighted by Gasteiger charge is -2.25. The number of fused-ring (bicyclic) bond motifs is 1. The van der Waals surface area contributed by atoms with Crippen LogP contribution in [0.4, 0.5) is 0 Å². The average Bonchev–Trinajstić information content (AvgIpc) is 3.03. The lowest BCUT2D eigenvalue weighted by molar-refractivity contribution is -0.133. The molecular weight excluding hydrogens is 547 g/mol. The van der Waals surface area contributed by atoms with E-state index in [1.165, 1.54) is 0 Å². The van der Waals surface area contributed by atoms with Crippen molar-refractivity contribution in [3.05, 3.63) is 80.8 Å². The molecule has 38 heavy (non-hydrogen) atoms. The number of nitrogens with zero attached hydrogens (tertiary/aromatic N) is 1. The number of rotatable bonds is 10. The van der Waals surface area contributed by atoms with E-state index in [0.717, 1.165) is 16.3 Å². The van der Waals surface area contributed by atoms with E-state index in [-0.39, 0.29) is 24.5 Å². The zero-order valence-corrected chi connectivity index (χ0v) is 23.1. The Hall–Kier alpha value is -2.39. The third-order valence-electron chi connectivity index (χ3n) is 6.56. The number of aliphatic hydroxyl groups is 1. The summed E-state index contributed by atoms with van der Waals surface area (Å²) < 4.78 is 0. The Morgan fingerprint density at radius 2 is 1.71 bits per heavy atom. The van der Waals surface area contributed by atoms with Crippen molar-refractivity contribution >= 4 is 57.4 Å². The molecule has 4 rings (SSSR count). The van der Waals surface area contributed by atoms with Crippen molar-refractivity contribution in [1.82, 2.24) is 20.9 Å². The summed E-state index contributed by atoms with van der Waals surface area (Å²) in [6.07, 6.45) is 1.21. The first-order valence-electron chi connectivity index (χ1n) is 12.6. The molecular formula is C28H31Cl3N4O3. The molecule has 10 heteroatoms. The second-order valence-electron chi connectivity index (χ2n) is 9.42. The predicted molar refractivity (Wildman–Crippen MR) is 153 cm³/mol. The van der Waals surface area contributed by atoms with Gasteiger partial charge >= 0.3 is 0 Å². The third-order valence-corrected chi connectivity index (χ3v) is 7.23. The molecule has 202 valence electrons. The maximum atomic E-state index is 13.5. The van der Waals surface area contributed by atoms with E-state index in [4.69, 9.17) is 39.9 Å². The molecule has 1 saturated heterocycles. The number of amides is 2. The van der Waals surface area contributed by atoms with Crippen molar-refractivity contribution in [1.29, 1.82) is 0 Å². The monoisotopic (exact) mass is 576 g/mol. The molecule has 0 unspecified atom stereocenters. The van der Waals surface area contributed by atoms with Crippen LogP contribution in [0.2, 0.25) is 15.1 Å². The smallest absolute Gasteiger partial charge is 0.251 e. The first-order chi connectivity index (χ1) is 18.3. The van der Waals surface area contributed by atoms with Gasteiger partial charge in [0, 0.05) is 52.9 Å². The molecule has 2 atom stereocenters. The van der Waals surface area contributed by atoms with E-state index in [9.17, 15) is 9.59 Å². The Kier molecular flexibility index (Phi) is 10.2. The fourth-order valence-corrected chi connectivity index (χ4v) is 5.41. The predicted octanol–water partition coefficient (Wildman–Crippen LogP) is 4.26. The Labute approximate surface area is 237 Å². The molecule has 0 spiro atoms. The number of benzene rings is 3. The highest BCUT2D eigenvalue weighted by atomic mass is 35.5. The van der Waals surface area contributed by atoms with Crippen LogP contribution in [0.1, 0.15) is 28.8 Å². The van der Waals surface area contributed by atoms with Gasteiger partial charge in [-0.25, -0.2) is 0 Å². The van der Waals surface area contributed by atoms with Gasteiger partial charge in [-0.2, -0.15) is 0 Å². The number of carbonyl (C=O) groups is 2. The molecule has 0 saturated carbocycles. The highest BCUT2D eigenvalue weighted by molar-refractivity contribution is 6.34. The average molecular weight is 578 g/mol. The van der Waals surface area contributed by atoms with Gasteiger partial charge in [0.25, 0.3) is 5.91 Å². The SMILES string of the molecule is O=C(NC[C@@H]1CCN(Cc2cc(Cl)cc(Cl)c2)C(=O)[C@H](CCNCCO)N1)c1ccc2cc(Cl)ccc2c1. The van der Waals surface area contributed by atoms with Gasteiger partial charge in [-0.05, 0) is 78.2 Å². The van der Waals surface area contributed by atoms with Gasteiger partial charge < -0.3 is 26.0 Å². The van der Waals surface area contributed by atoms with Crippen LogP contribution in [-0.2, 0) is 11.3 Å². The van der Waals surface area contributed by atoms with Crippen molar-refractivity contribution in [2.45, 2.75) is 31.5 Å². The minimum atomic E-state index is -0.439. The number of carbonyl (C=O) groups excluding carboxylic acids is 2. The zero-order chi connectivity index (χ0) is 27.1. The molecule has 0 bridgehead atoms. The van der Waals surface area contributed by atoms with Gasteiger partial charge in [-0.15, -0.1) is 0 Å².